The van der Waals surface area contributed by atoms with Gasteiger partial charge in [0.15, 0.2) is 11.5 Å². The highest BCUT2D eigenvalue weighted by Crippen LogP contribution is 2.32. The van der Waals surface area contributed by atoms with E-state index >= 15 is 0 Å². The molecular weight excluding hydrogens is 212 g/mol. The molecule has 0 saturated carbocycles. The van der Waals surface area contributed by atoms with Gasteiger partial charge in [0.05, 0.1) is 13.7 Å². The fourth-order valence-electron chi connectivity index (χ4n) is 1.80. The van der Waals surface area contributed by atoms with Crippen molar-refractivity contribution in [3.8, 4) is 11.5 Å². The lowest BCUT2D eigenvalue weighted by Crippen LogP contribution is -1.98. The summed E-state index contributed by atoms with van der Waals surface area (Å²) in [7, 11) is 1.68. The minimum absolute atomic E-state index is 0.741. The van der Waals surface area contributed by atoms with Gasteiger partial charge in [-0.3, -0.25) is 0 Å². The summed E-state index contributed by atoms with van der Waals surface area (Å²) in [5.41, 5.74) is 0. The van der Waals surface area contributed by atoms with Crippen molar-refractivity contribution in [3.05, 3.63) is 36.4 Å². The maximum absolute atomic E-state index is 5.75. The summed E-state index contributed by atoms with van der Waals surface area (Å²) in [6, 6.07) is 12.3. The van der Waals surface area contributed by atoms with Gasteiger partial charge in [0.1, 0.15) is 0 Å². The Hall–Kier alpha value is -1.70. The lowest BCUT2D eigenvalue weighted by Gasteiger charge is -2.11. The molecule has 0 bridgehead atoms. The number of unbranched alkanes of at least 4 members (excludes halogenated alkanes) is 1. The Morgan fingerprint density at radius 3 is 2.24 bits per heavy atom. The molecule has 2 nitrogen and oxygen atoms in total. The molecule has 0 aliphatic carbocycles. The second kappa shape index (κ2) is 5.58. The highest BCUT2D eigenvalue weighted by atomic mass is 16.5. The van der Waals surface area contributed by atoms with Crippen molar-refractivity contribution in [2.75, 3.05) is 13.7 Å². The molecule has 0 fully saturated rings. The van der Waals surface area contributed by atoms with Crippen LogP contribution in [0.5, 0.6) is 11.5 Å². The first-order chi connectivity index (χ1) is 8.35. The first-order valence-corrected chi connectivity index (χ1v) is 6.04. The van der Waals surface area contributed by atoms with Gasteiger partial charge in [-0.15, -0.1) is 0 Å². The second-order valence-corrected chi connectivity index (χ2v) is 4.05. The Balaban J connectivity index is 2.32. The number of fused-ring (bicyclic) bond motifs is 1. The second-order valence-electron chi connectivity index (χ2n) is 4.05. The van der Waals surface area contributed by atoms with E-state index in [0.29, 0.717) is 0 Å². The van der Waals surface area contributed by atoms with Gasteiger partial charge in [0.25, 0.3) is 0 Å². The number of ether oxygens (including phenoxy) is 2. The van der Waals surface area contributed by atoms with Crippen molar-refractivity contribution >= 4 is 10.8 Å². The third kappa shape index (κ3) is 2.70. The molecule has 2 aromatic carbocycles. The van der Waals surface area contributed by atoms with Crippen molar-refractivity contribution in [1.82, 2.24) is 0 Å². The summed E-state index contributed by atoms with van der Waals surface area (Å²) in [6.07, 6.45) is 2.20. The first-order valence-electron chi connectivity index (χ1n) is 6.04. The molecule has 0 amide bonds. The molecule has 0 aromatic heterocycles. The van der Waals surface area contributed by atoms with E-state index in [-0.39, 0.29) is 0 Å². The van der Waals surface area contributed by atoms with Crippen molar-refractivity contribution < 1.29 is 9.47 Å². The monoisotopic (exact) mass is 230 g/mol. The molecule has 0 atom stereocenters. The smallest absolute Gasteiger partial charge is 0.161 e. The van der Waals surface area contributed by atoms with Crippen molar-refractivity contribution in [2.45, 2.75) is 19.8 Å². The third-order valence-electron chi connectivity index (χ3n) is 2.79. The predicted octanol–water partition coefficient (Wildman–Crippen LogP) is 4.03. The normalized spacial score (nSPS) is 10.5. The first kappa shape index (κ1) is 11.8. The van der Waals surface area contributed by atoms with Crippen LogP contribution in [0.15, 0.2) is 36.4 Å². The maximum Gasteiger partial charge on any atom is 0.161 e. The standard InChI is InChI=1S/C15H18O2/c1-3-4-9-17-15-11-13-8-6-5-7-12(13)10-14(15)16-2/h5-8,10-11H,3-4,9H2,1-2H3. The topological polar surface area (TPSA) is 18.5 Å². The number of benzene rings is 2. The van der Waals surface area contributed by atoms with Crippen LogP contribution in [-0.2, 0) is 0 Å². The summed E-state index contributed by atoms with van der Waals surface area (Å²) in [5, 5.41) is 2.35. The van der Waals surface area contributed by atoms with Crippen LogP contribution >= 0.6 is 0 Å². The lowest BCUT2D eigenvalue weighted by atomic mass is 10.1. The van der Waals surface area contributed by atoms with Gasteiger partial charge in [-0.05, 0) is 29.3 Å². The van der Waals surface area contributed by atoms with E-state index in [2.05, 4.69) is 19.1 Å². The van der Waals surface area contributed by atoms with E-state index < -0.39 is 0 Å². The van der Waals surface area contributed by atoms with Crippen LogP contribution in [0.4, 0.5) is 0 Å². The average Bonchev–Trinajstić information content (AvgIpc) is 2.38. The van der Waals surface area contributed by atoms with Gasteiger partial charge in [0, 0.05) is 0 Å². The molecular formula is C15H18O2. The van der Waals surface area contributed by atoms with Crippen molar-refractivity contribution in [2.24, 2.45) is 0 Å². The van der Waals surface area contributed by atoms with E-state index in [0.717, 1.165) is 30.9 Å². The largest absolute Gasteiger partial charge is 0.493 e. The lowest BCUT2D eigenvalue weighted by molar-refractivity contribution is 0.289. The fraction of sp³-hybridized carbons (Fsp3) is 0.333. The van der Waals surface area contributed by atoms with Gasteiger partial charge in [-0.1, -0.05) is 37.6 Å². The van der Waals surface area contributed by atoms with Gasteiger partial charge < -0.3 is 9.47 Å². The van der Waals surface area contributed by atoms with Gasteiger partial charge in [-0.2, -0.15) is 0 Å². The number of methoxy groups -OCH3 is 1. The summed E-state index contributed by atoms with van der Waals surface area (Å²) in [5.74, 6) is 1.64. The van der Waals surface area contributed by atoms with Crippen LogP contribution in [-0.4, -0.2) is 13.7 Å². The fourth-order valence-corrected chi connectivity index (χ4v) is 1.80. The number of rotatable bonds is 5. The van der Waals surface area contributed by atoms with Crippen LogP contribution < -0.4 is 9.47 Å². The molecule has 0 spiro atoms. The van der Waals surface area contributed by atoms with E-state index in [1.165, 1.54) is 10.8 Å². The molecule has 0 aliphatic heterocycles. The molecule has 0 saturated heterocycles. The van der Waals surface area contributed by atoms with Crippen LogP contribution in [0.3, 0.4) is 0 Å². The van der Waals surface area contributed by atoms with Crippen LogP contribution in [0.2, 0.25) is 0 Å². The van der Waals surface area contributed by atoms with E-state index in [9.17, 15) is 0 Å². The zero-order chi connectivity index (χ0) is 12.1. The SMILES string of the molecule is CCCCOc1cc2ccccc2cc1OC. The Bertz CT molecular complexity index is 491. The Morgan fingerprint density at radius 1 is 1.00 bits per heavy atom. The van der Waals surface area contributed by atoms with Crippen LogP contribution in [0.25, 0.3) is 10.8 Å². The summed E-state index contributed by atoms with van der Waals surface area (Å²) < 4.78 is 11.1. The van der Waals surface area contributed by atoms with Crippen molar-refractivity contribution in [1.29, 1.82) is 0 Å². The summed E-state index contributed by atoms with van der Waals surface area (Å²) in [4.78, 5) is 0. The van der Waals surface area contributed by atoms with Crippen LogP contribution in [0.1, 0.15) is 19.8 Å². The molecule has 0 radical (unpaired) electrons. The molecule has 90 valence electrons. The summed E-state index contributed by atoms with van der Waals surface area (Å²) in [6.45, 7) is 2.90. The number of hydrogen-bond donors (Lipinski definition) is 0. The summed E-state index contributed by atoms with van der Waals surface area (Å²) >= 11 is 0. The average molecular weight is 230 g/mol. The highest BCUT2D eigenvalue weighted by Gasteiger charge is 2.06. The molecule has 2 aromatic rings. The zero-order valence-electron chi connectivity index (χ0n) is 10.4. The molecule has 0 aliphatic rings. The van der Waals surface area contributed by atoms with E-state index in [1.54, 1.807) is 7.11 Å². The highest BCUT2D eigenvalue weighted by molar-refractivity contribution is 5.86. The maximum atomic E-state index is 5.75. The number of hydrogen-bond acceptors (Lipinski definition) is 2. The third-order valence-corrected chi connectivity index (χ3v) is 2.79. The minimum atomic E-state index is 0.741. The zero-order valence-corrected chi connectivity index (χ0v) is 10.4. The van der Waals surface area contributed by atoms with E-state index in [4.69, 9.17) is 9.47 Å². The Morgan fingerprint density at radius 2 is 1.65 bits per heavy atom. The van der Waals surface area contributed by atoms with Gasteiger partial charge >= 0.3 is 0 Å². The van der Waals surface area contributed by atoms with Crippen molar-refractivity contribution in [3.63, 3.8) is 0 Å². The van der Waals surface area contributed by atoms with Gasteiger partial charge in [0.2, 0.25) is 0 Å². The molecule has 2 rings (SSSR count). The molecule has 0 unspecified atom stereocenters. The predicted molar refractivity (Wildman–Crippen MR) is 70.9 cm³/mol. The molecule has 2 heteroatoms. The Kier molecular flexibility index (Phi) is 3.86. The van der Waals surface area contributed by atoms with Crippen LogP contribution in [0, 0.1) is 0 Å². The van der Waals surface area contributed by atoms with E-state index in [1.807, 2.05) is 24.3 Å². The minimum Gasteiger partial charge on any atom is -0.493 e. The molecule has 0 heterocycles. The molecule has 17 heavy (non-hydrogen) atoms. The quantitative estimate of drug-likeness (QED) is 0.722. The Labute approximate surface area is 102 Å². The van der Waals surface area contributed by atoms with Gasteiger partial charge in [-0.25, -0.2) is 0 Å². The molecule has 0 N–H and O–H groups in total.